The third-order valence-electron chi connectivity index (χ3n) is 2.98. The van der Waals surface area contributed by atoms with Crippen LogP contribution in [0.2, 0.25) is 0 Å². The Labute approximate surface area is 114 Å². The molecule has 0 spiro atoms. The molecule has 1 aromatic rings. The van der Waals surface area contributed by atoms with Gasteiger partial charge in [0.2, 0.25) is 0 Å². The molecule has 1 unspecified atom stereocenters. The SMILES string of the molecule is CCCCC[C@H](OC(=O)c1ccccc1)C(O)CO. The molecule has 0 amide bonds. The molecule has 0 radical (unpaired) electrons. The second-order valence-electron chi connectivity index (χ2n) is 4.56. The molecule has 2 N–H and O–H groups in total. The highest BCUT2D eigenvalue weighted by atomic mass is 16.6. The average molecular weight is 266 g/mol. The number of aliphatic hydroxyl groups is 2. The molecular weight excluding hydrogens is 244 g/mol. The largest absolute Gasteiger partial charge is 0.456 e. The second-order valence-corrected chi connectivity index (χ2v) is 4.56. The predicted molar refractivity (Wildman–Crippen MR) is 72.9 cm³/mol. The van der Waals surface area contributed by atoms with Crippen LogP contribution in [0.4, 0.5) is 0 Å². The van der Waals surface area contributed by atoms with Gasteiger partial charge in [-0.1, -0.05) is 38.0 Å². The molecule has 4 nitrogen and oxygen atoms in total. The highest BCUT2D eigenvalue weighted by molar-refractivity contribution is 5.89. The van der Waals surface area contributed by atoms with Crippen molar-refractivity contribution in [3.63, 3.8) is 0 Å². The van der Waals surface area contributed by atoms with Gasteiger partial charge < -0.3 is 14.9 Å². The lowest BCUT2D eigenvalue weighted by atomic mass is 10.1. The molecular formula is C15H22O4. The quantitative estimate of drug-likeness (QED) is 0.559. The van der Waals surface area contributed by atoms with Crippen LogP contribution < -0.4 is 0 Å². The molecule has 4 heteroatoms. The van der Waals surface area contributed by atoms with Crippen molar-refractivity contribution in [3.05, 3.63) is 35.9 Å². The summed E-state index contributed by atoms with van der Waals surface area (Å²) >= 11 is 0. The third-order valence-corrected chi connectivity index (χ3v) is 2.98. The van der Waals surface area contributed by atoms with Crippen LogP contribution in [-0.4, -0.2) is 35.0 Å². The number of hydrogen-bond donors (Lipinski definition) is 2. The molecule has 0 saturated carbocycles. The molecule has 1 aromatic carbocycles. The van der Waals surface area contributed by atoms with Gasteiger partial charge in [-0.3, -0.25) is 0 Å². The first-order valence-electron chi connectivity index (χ1n) is 6.74. The number of ether oxygens (including phenoxy) is 1. The first-order chi connectivity index (χ1) is 9.19. The summed E-state index contributed by atoms with van der Waals surface area (Å²) in [5.74, 6) is -0.463. The summed E-state index contributed by atoms with van der Waals surface area (Å²) in [5.41, 5.74) is 0.452. The van der Waals surface area contributed by atoms with E-state index in [0.717, 1.165) is 19.3 Å². The minimum atomic E-state index is -1.02. The molecule has 2 atom stereocenters. The number of hydrogen-bond acceptors (Lipinski definition) is 4. The molecule has 1 rings (SSSR count). The van der Waals surface area contributed by atoms with Crippen molar-refractivity contribution in [1.82, 2.24) is 0 Å². The van der Waals surface area contributed by atoms with E-state index >= 15 is 0 Å². The summed E-state index contributed by atoms with van der Waals surface area (Å²) in [5, 5.41) is 18.7. The monoisotopic (exact) mass is 266 g/mol. The van der Waals surface area contributed by atoms with Crippen LogP contribution in [0.1, 0.15) is 43.0 Å². The highest BCUT2D eigenvalue weighted by Gasteiger charge is 2.22. The number of benzene rings is 1. The summed E-state index contributed by atoms with van der Waals surface area (Å²) < 4.78 is 5.29. The number of carbonyl (C=O) groups is 1. The van der Waals surface area contributed by atoms with Gasteiger partial charge in [0.25, 0.3) is 0 Å². The Morgan fingerprint density at radius 2 is 1.95 bits per heavy atom. The summed E-state index contributed by atoms with van der Waals surface area (Å²) in [6.07, 6.45) is 1.81. The normalized spacial score (nSPS) is 13.8. The number of aliphatic hydroxyl groups excluding tert-OH is 2. The summed E-state index contributed by atoms with van der Waals surface area (Å²) in [6.45, 7) is 1.67. The van der Waals surface area contributed by atoms with Gasteiger partial charge in [0, 0.05) is 0 Å². The van der Waals surface area contributed by atoms with E-state index in [1.165, 1.54) is 0 Å². The smallest absolute Gasteiger partial charge is 0.338 e. The lowest BCUT2D eigenvalue weighted by molar-refractivity contribution is -0.0407. The summed E-state index contributed by atoms with van der Waals surface area (Å²) in [6, 6.07) is 8.65. The topological polar surface area (TPSA) is 66.8 Å². The van der Waals surface area contributed by atoms with Crippen LogP contribution in [0, 0.1) is 0 Å². The van der Waals surface area contributed by atoms with Gasteiger partial charge in [-0.25, -0.2) is 4.79 Å². The maximum Gasteiger partial charge on any atom is 0.338 e. The Kier molecular flexibility index (Phi) is 7.15. The van der Waals surface area contributed by atoms with Crippen molar-refractivity contribution in [3.8, 4) is 0 Å². The van der Waals surface area contributed by atoms with E-state index in [2.05, 4.69) is 6.92 Å². The molecule has 0 aromatic heterocycles. The number of unbranched alkanes of at least 4 members (excludes halogenated alkanes) is 2. The Bertz CT molecular complexity index is 364. The molecule has 0 heterocycles. The summed E-state index contributed by atoms with van der Waals surface area (Å²) in [7, 11) is 0. The van der Waals surface area contributed by atoms with Crippen LogP contribution in [0.3, 0.4) is 0 Å². The van der Waals surface area contributed by atoms with E-state index in [1.807, 2.05) is 6.07 Å². The van der Waals surface area contributed by atoms with E-state index in [1.54, 1.807) is 24.3 Å². The standard InChI is InChI=1S/C15H22O4/c1-2-3-5-10-14(13(17)11-16)19-15(18)12-8-6-4-7-9-12/h4,6-9,13-14,16-17H,2-3,5,10-11H2,1H3/t13?,14-/m0/s1. The average Bonchev–Trinajstić information content (AvgIpc) is 2.46. The molecule has 0 aliphatic carbocycles. The van der Waals surface area contributed by atoms with Crippen LogP contribution in [0.15, 0.2) is 30.3 Å². The van der Waals surface area contributed by atoms with Gasteiger partial charge in [-0.05, 0) is 25.0 Å². The van der Waals surface area contributed by atoms with E-state index in [4.69, 9.17) is 9.84 Å². The first kappa shape index (κ1) is 15.7. The molecule has 106 valence electrons. The Morgan fingerprint density at radius 1 is 1.26 bits per heavy atom. The highest BCUT2D eigenvalue weighted by Crippen LogP contribution is 2.13. The number of carbonyl (C=O) groups excluding carboxylic acids is 1. The van der Waals surface area contributed by atoms with Crippen molar-refractivity contribution in [1.29, 1.82) is 0 Å². The molecule has 19 heavy (non-hydrogen) atoms. The maximum atomic E-state index is 11.9. The minimum absolute atomic E-state index is 0.404. The van der Waals surface area contributed by atoms with Gasteiger partial charge in [0.1, 0.15) is 12.2 Å². The fourth-order valence-corrected chi connectivity index (χ4v) is 1.82. The molecule has 0 saturated heterocycles. The lowest BCUT2D eigenvalue weighted by Gasteiger charge is -2.21. The van der Waals surface area contributed by atoms with Crippen LogP contribution in [0.25, 0.3) is 0 Å². The van der Waals surface area contributed by atoms with Gasteiger partial charge in [0.05, 0.1) is 12.2 Å². The molecule has 0 bridgehead atoms. The minimum Gasteiger partial charge on any atom is -0.456 e. The maximum absolute atomic E-state index is 11.9. The van der Waals surface area contributed by atoms with Crippen molar-refractivity contribution >= 4 is 5.97 Å². The molecule has 0 aliphatic heterocycles. The van der Waals surface area contributed by atoms with Gasteiger partial charge in [-0.15, -0.1) is 0 Å². The van der Waals surface area contributed by atoms with Gasteiger partial charge in [-0.2, -0.15) is 0 Å². The predicted octanol–water partition coefficient (Wildman–Crippen LogP) is 2.15. The molecule has 0 aliphatic rings. The third kappa shape index (κ3) is 5.41. The van der Waals surface area contributed by atoms with E-state index in [-0.39, 0.29) is 0 Å². The van der Waals surface area contributed by atoms with E-state index < -0.39 is 24.8 Å². The zero-order valence-electron chi connectivity index (χ0n) is 11.3. The van der Waals surface area contributed by atoms with Crippen molar-refractivity contribution in [2.24, 2.45) is 0 Å². The van der Waals surface area contributed by atoms with E-state index in [9.17, 15) is 9.90 Å². The second kappa shape index (κ2) is 8.67. The summed E-state index contributed by atoms with van der Waals surface area (Å²) in [4.78, 5) is 11.9. The van der Waals surface area contributed by atoms with E-state index in [0.29, 0.717) is 12.0 Å². The fourth-order valence-electron chi connectivity index (χ4n) is 1.82. The van der Waals surface area contributed by atoms with Gasteiger partial charge in [0.15, 0.2) is 0 Å². The first-order valence-corrected chi connectivity index (χ1v) is 6.74. The van der Waals surface area contributed by atoms with Crippen molar-refractivity contribution in [2.75, 3.05) is 6.61 Å². The number of esters is 1. The van der Waals surface area contributed by atoms with Crippen molar-refractivity contribution in [2.45, 2.75) is 44.8 Å². The van der Waals surface area contributed by atoms with Crippen LogP contribution >= 0.6 is 0 Å². The van der Waals surface area contributed by atoms with Crippen LogP contribution in [-0.2, 0) is 4.74 Å². The Morgan fingerprint density at radius 3 is 2.53 bits per heavy atom. The zero-order valence-corrected chi connectivity index (χ0v) is 11.3. The van der Waals surface area contributed by atoms with Gasteiger partial charge >= 0.3 is 5.97 Å². The number of rotatable bonds is 8. The lowest BCUT2D eigenvalue weighted by Crippen LogP contribution is -2.34. The fraction of sp³-hybridized carbons (Fsp3) is 0.533. The Hall–Kier alpha value is -1.39. The van der Waals surface area contributed by atoms with Crippen LogP contribution in [0.5, 0.6) is 0 Å². The molecule has 0 fully saturated rings. The Balaban J connectivity index is 2.58. The zero-order chi connectivity index (χ0) is 14.1. The van der Waals surface area contributed by atoms with Crippen molar-refractivity contribution < 1.29 is 19.7 Å².